The summed E-state index contributed by atoms with van der Waals surface area (Å²) in [6, 6.07) is 17.1. The maximum atomic E-state index is 13.4. The minimum atomic E-state index is -0.684. The summed E-state index contributed by atoms with van der Waals surface area (Å²) in [6.45, 7) is 1.73. The van der Waals surface area contributed by atoms with Gasteiger partial charge in [0.05, 0.1) is 12.2 Å². The zero-order valence-electron chi connectivity index (χ0n) is 16.1. The molecule has 1 N–H and O–H groups in total. The highest BCUT2D eigenvalue weighted by molar-refractivity contribution is 6.09. The predicted molar refractivity (Wildman–Crippen MR) is 111 cm³/mol. The molecule has 2 aliphatic rings. The lowest BCUT2D eigenvalue weighted by atomic mass is 10.1. The number of nitrogens with one attached hydrogen (secondary N) is 1. The van der Waals surface area contributed by atoms with Gasteiger partial charge in [0.15, 0.2) is 6.10 Å². The average Bonchev–Trinajstić information content (AvgIpc) is 3.22. The van der Waals surface area contributed by atoms with E-state index >= 15 is 0 Å². The number of amides is 2. The van der Waals surface area contributed by atoms with E-state index in [4.69, 9.17) is 4.74 Å². The van der Waals surface area contributed by atoms with Crippen molar-refractivity contribution in [2.45, 2.75) is 25.4 Å². The number of anilines is 1. The largest absolute Gasteiger partial charge is 0.476 e. The van der Waals surface area contributed by atoms with Crippen LogP contribution < -0.4 is 9.64 Å². The van der Waals surface area contributed by atoms with Crippen LogP contribution in [0, 0.1) is 0 Å². The molecule has 0 unspecified atom stereocenters. The molecule has 1 aromatic heterocycles. The van der Waals surface area contributed by atoms with Crippen molar-refractivity contribution in [2.24, 2.45) is 0 Å². The van der Waals surface area contributed by atoms with Gasteiger partial charge >= 0.3 is 0 Å². The number of ether oxygens (including phenoxy) is 1. The zero-order chi connectivity index (χ0) is 19.8. The second-order valence-corrected chi connectivity index (χ2v) is 7.65. The highest BCUT2D eigenvalue weighted by Crippen LogP contribution is 2.35. The molecule has 1 fully saturated rings. The lowest BCUT2D eigenvalue weighted by Crippen LogP contribution is -2.52. The summed E-state index contributed by atoms with van der Waals surface area (Å²) in [5.41, 5.74) is 2.12. The molecule has 0 bridgehead atoms. The normalized spacial score (nSPS) is 19.0. The molecular formula is C23H23N3O3. The van der Waals surface area contributed by atoms with E-state index < -0.39 is 6.10 Å². The third-order valence-electron chi connectivity index (χ3n) is 5.72. The molecule has 1 saturated heterocycles. The van der Waals surface area contributed by atoms with Gasteiger partial charge in [-0.25, -0.2) is 0 Å². The summed E-state index contributed by atoms with van der Waals surface area (Å²) < 4.78 is 6.03. The molecule has 29 heavy (non-hydrogen) atoms. The van der Waals surface area contributed by atoms with E-state index in [0.29, 0.717) is 17.1 Å². The molecule has 5 rings (SSSR count). The van der Waals surface area contributed by atoms with Crippen LogP contribution in [0.5, 0.6) is 5.75 Å². The molecule has 3 aromatic rings. The van der Waals surface area contributed by atoms with Crippen molar-refractivity contribution in [3.63, 3.8) is 0 Å². The fraction of sp³-hybridized carbons (Fsp3) is 0.304. The number of hydrogen-bond acceptors (Lipinski definition) is 3. The quantitative estimate of drug-likeness (QED) is 0.728. The molecule has 2 aliphatic heterocycles. The fourth-order valence-corrected chi connectivity index (χ4v) is 4.21. The van der Waals surface area contributed by atoms with Crippen LogP contribution in [0.4, 0.5) is 5.69 Å². The number of fused-ring (bicyclic) bond motifs is 2. The molecule has 2 aromatic carbocycles. The first-order valence-corrected chi connectivity index (χ1v) is 10.1. The molecule has 0 spiro atoms. The number of carbonyl (C=O) groups excluding carboxylic acids is 2. The molecule has 6 heteroatoms. The Hall–Kier alpha value is -3.28. The van der Waals surface area contributed by atoms with Crippen molar-refractivity contribution in [3.8, 4) is 5.75 Å². The number of para-hydroxylation sites is 3. The van der Waals surface area contributed by atoms with Crippen molar-refractivity contribution in [1.82, 2.24) is 9.88 Å². The Balaban J connectivity index is 1.47. The number of H-pyrrole nitrogens is 1. The predicted octanol–water partition coefficient (Wildman–Crippen LogP) is 3.59. The van der Waals surface area contributed by atoms with Gasteiger partial charge in [-0.3, -0.25) is 14.5 Å². The number of benzene rings is 2. The van der Waals surface area contributed by atoms with Crippen LogP contribution in [0.15, 0.2) is 54.6 Å². The average molecular weight is 389 g/mol. The first kappa shape index (κ1) is 17.8. The second-order valence-electron chi connectivity index (χ2n) is 7.65. The van der Waals surface area contributed by atoms with Crippen molar-refractivity contribution in [2.75, 3.05) is 24.5 Å². The number of piperidine rings is 1. The van der Waals surface area contributed by atoms with Gasteiger partial charge < -0.3 is 14.6 Å². The van der Waals surface area contributed by atoms with Gasteiger partial charge in [-0.2, -0.15) is 0 Å². The minimum absolute atomic E-state index is 0.0337. The summed E-state index contributed by atoms with van der Waals surface area (Å²) in [7, 11) is 0. The summed E-state index contributed by atoms with van der Waals surface area (Å²) in [6.07, 6.45) is 2.51. The van der Waals surface area contributed by atoms with E-state index in [1.165, 1.54) is 0 Å². The van der Waals surface area contributed by atoms with Gasteiger partial charge in [0.2, 0.25) is 0 Å². The van der Waals surface area contributed by atoms with Gasteiger partial charge in [0.25, 0.3) is 11.8 Å². The Morgan fingerprint density at radius 1 is 0.966 bits per heavy atom. The molecule has 148 valence electrons. The molecule has 0 radical (unpaired) electrons. The van der Waals surface area contributed by atoms with Crippen molar-refractivity contribution < 1.29 is 14.3 Å². The first-order chi connectivity index (χ1) is 14.2. The number of aromatic amines is 1. The standard InChI is InChI=1S/C23H23N3O3/c27-22(18-14-16-8-2-3-9-17(16)24-18)26-15-21(23(28)25-12-6-1-7-13-25)29-20-11-5-4-10-19(20)26/h2-5,8-11,14,21,24H,1,6-7,12-13,15H2/t21-/m1/s1. The van der Waals surface area contributed by atoms with Crippen LogP contribution in [0.2, 0.25) is 0 Å². The van der Waals surface area contributed by atoms with Gasteiger partial charge in [0, 0.05) is 24.0 Å². The number of likely N-dealkylation sites (tertiary alicyclic amines) is 1. The Morgan fingerprint density at radius 3 is 2.55 bits per heavy atom. The second kappa shape index (κ2) is 7.28. The highest BCUT2D eigenvalue weighted by Gasteiger charge is 2.36. The van der Waals surface area contributed by atoms with Gasteiger partial charge in [-0.1, -0.05) is 30.3 Å². The molecular weight excluding hydrogens is 366 g/mol. The third-order valence-corrected chi connectivity index (χ3v) is 5.72. The lowest BCUT2D eigenvalue weighted by molar-refractivity contribution is -0.139. The van der Waals surface area contributed by atoms with Gasteiger partial charge in [-0.15, -0.1) is 0 Å². The van der Waals surface area contributed by atoms with E-state index in [9.17, 15) is 9.59 Å². The molecule has 6 nitrogen and oxygen atoms in total. The maximum Gasteiger partial charge on any atom is 0.274 e. The van der Waals surface area contributed by atoms with E-state index in [1.54, 1.807) is 4.90 Å². The number of aromatic nitrogens is 1. The molecule has 1 atom stereocenters. The van der Waals surface area contributed by atoms with Crippen LogP contribution in [-0.4, -0.2) is 47.4 Å². The van der Waals surface area contributed by atoms with Gasteiger partial charge in [0.1, 0.15) is 11.4 Å². The highest BCUT2D eigenvalue weighted by atomic mass is 16.5. The van der Waals surface area contributed by atoms with Crippen LogP contribution in [0.25, 0.3) is 10.9 Å². The zero-order valence-corrected chi connectivity index (χ0v) is 16.1. The summed E-state index contributed by atoms with van der Waals surface area (Å²) in [5.74, 6) is 0.376. The van der Waals surface area contributed by atoms with Crippen LogP contribution in [-0.2, 0) is 4.79 Å². The topological polar surface area (TPSA) is 65.6 Å². The Labute approximate surface area is 169 Å². The summed E-state index contributed by atoms with van der Waals surface area (Å²) >= 11 is 0. The van der Waals surface area contributed by atoms with E-state index in [0.717, 1.165) is 43.3 Å². The molecule has 0 aliphatic carbocycles. The van der Waals surface area contributed by atoms with Crippen molar-refractivity contribution in [1.29, 1.82) is 0 Å². The monoisotopic (exact) mass is 389 g/mol. The first-order valence-electron chi connectivity index (χ1n) is 10.1. The number of nitrogens with zero attached hydrogens (tertiary/aromatic N) is 2. The summed E-state index contributed by atoms with van der Waals surface area (Å²) in [5, 5.41) is 0.985. The maximum absolute atomic E-state index is 13.4. The Bertz CT molecular complexity index is 1030. The van der Waals surface area contributed by atoms with Crippen LogP contribution >= 0.6 is 0 Å². The van der Waals surface area contributed by atoms with Gasteiger partial charge in [-0.05, 0) is 43.5 Å². The lowest BCUT2D eigenvalue weighted by Gasteiger charge is -2.37. The smallest absolute Gasteiger partial charge is 0.274 e. The van der Waals surface area contributed by atoms with E-state index in [-0.39, 0.29) is 18.4 Å². The van der Waals surface area contributed by atoms with Crippen molar-refractivity contribution in [3.05, 3.63) is 60.3 Å². The third kappa shape index (κ3) is 3.24. The van der Waals surface area contributed by atoms with Crippen molar-refractivity contribution >= 4 is 28.4 Å². The fourth-order valence-electron chi connectivity index (χ4n) is 4.21. The van der Waals surface area contributed by atoms with E-state index in [1.807, 2.05) is 59.5 Å². The molecule has 3 heterocycles. The van der Waals surface area contributed by atoms with Crippen LogP contribution in [0.1, 0.15) is 29.8 Å². The molecule has 0 saturated carbocycles. The summed E-state index contributed by atoms with van der Waals surface area (Å²) in [4.78, 5) is 33.2. The number of hydrogen-bond donors (Lipinski definition) is 1. The molecule has 2 amide bonds. The minimum Gasteiger partial charge on any atom is -0.476 e. The SMILES string of the molecule is O=C([C@H]1CN(C(=O)c2cc3ccccc3[nH]2)c2ccccc2O1)N1CCCCC1. The van der Waals surface area contributed by atoms with E-state index in [2.05, 4.69) is 4.98 Å². The van der Waals surface area contributed by atoms with Crippen LogP contribution in [0.3, 0.4) is 0 Å². The Kier molecular flexibility index (Phi) is 4.46. The number of rotatable bonds is 2. The Morgan fingerprint density at radius 2 is 1.72 bits per heavy atom. The number of carbonyl (C=O) groups is 2.